The summed E-state index contributed by atoms with van der Waals surface area (Å²) in [5, 5.41) is 4.84. The van der Waals surface area contributed by atoms with Gasteiger partial charge in [-0.3, -0.25) is 10.1 Å². The van der Waals surface area contributed by atoms with Crippen molar-refractivity contribution < 1.29 is 9.59 Å². The number of imide groups is 1. The third-order valence-corrected chi connectivity index (χ3v) is 2.47. The molecule has 1 fully saturated rings. The standard InChI is InChI=1S/C9H12N2O2/c12-8-7(10-9(13)11-8)6-4-2-1-3-5-6/h4,7H,1-3,5H2,(H2,10,11,12,13). The maximum atomic E-state index is 11.2. The van der Waals surface area contributed by atoms with E-state index in [2.05, 4.69) is 16.7 Å². The third kappa shape index (κ3) is 1.56. The van der Waals surface area contributed by atoms with Gasteiger partial charge in [0.15, 0.2) is 0 Å². The third-order valence-electron chi connectivity index (χ3n) is 2.47. The molecule has 4 nitrogen and oxygen atoms in total. The molecular weight excluding hydrogens is 168 g/mol. The fraction of sp³-hybridized carbons (Fsp3) is 0.556. The van der Waals surface area contributed by atoms with Crippen LogP contribution in [0.2, 0.25) is 0 Å². The Morgan fingerprint density at radius 2 is 2.15 bits per heavy atom. The summed E-state index contributed by atoms with van der Waals surface area (Å²) in [6.07, 6.45) is 6.32. The normalized spacial score (nSPS) is 28.0. The first kappa shape index (κ1) is 8.29. The van der Waals surface area contributed by atoms with Crippen LogP contribution in [0.4, 0.5) is 4.79 Å². The van der Waals surface area contributed by atoms with Crippen molar-refractivity contribution in [1.82, 2.24) is 10.6 Å². The maximum absolute atomic E-state index is 11.2. The largest absolute Gasteiger partial charge is 0.322 e. The smallest absolute Gasteiger partial charge is 0.322 e. The van der Waals surface area contributed by atoms with Gasteiger partial charge in [-0.15, -0.1) is 0 Å². The monoisotopic (exact) mass is 180 g/mol. The lowest BCUT2D eigenvalue weighted by atomic mass is 9.94. The van der Waals surface area contributed by atoms with E-state index in [4.69, 9.17) is 0 Å². The molecule has 2 N–H and O–H groups in total. The van der Waals surface area contributed by atoms with E-state index in [9.17, 15) is 9.59 Å². The fourth-order valence-corrected chi connectivity index (χ4v) is 1.80. The molecule has 1 aliphatic carbocycles. The minimum atomic E-state index is -0.396. The Labute approximate surface area is 76.4 Å². The molecule has 1 heterocycles. The summed E-state index contributed by atoms with van der Waals surface area (Å²) in [6.45, 7) is 0. The number of allylic oxidation sites excluding steroid dienone is 1. The molecule has 0 saturated carbocycles. The van der Waals surface area contributed by atoms with Crippen molar-refractivity contribution in [1.29, 1.82) is 0 Å². The lowest BCUT2D eigenvalue weighted by Gasteiger charge is -2.16. The number of hydrogen-bond acceptors (Lipinski definition) is 2. The van der Waals surface area contributed by atoms with Crippen LogP contribution in [0.25, 0.3) is 0 Å². The molecule has 1 aliphatic heterocycles. The number of amides is 3. The first-order valence-electron chi connectivity index (χ1n) is 4.57. The van der Waals surface area contributed by atoms with E-state index in [-0.39, 0.29) is 11.9 Å². The van der Waals surface area contributed by atoms with E-state index in [1.54, 1.807) is 0 Å². The number of hydrogen-bond donors (Lipinski definition) is 2. The van der Waals surface area contributed by atoms with Gasteiger partial charge in [-0.25, -0.2) is 4.79 Å². The molecular formula is C9H12N2O2. The summed E-state index contributed by atoms with van der Waals surface area (Å²) in [6, 6.07) is -0.769. The molecule has 1 saturated heterocycles. The Bertz CT molecular complexity index is 283. The molecule has 1 unspecified atom stereocenters. The average molecular weight is 180 g/mol. The van der Waals surface area contributed by atoms with E-state index in [1.165, 1.54) is 6.42 Å². The molecule has 4 heteroatoms. The molecule has 1 atom stereocenters. The minimum Gasteiger partial charge on any atom is -0.322 e. The summed E-state index contributed by atoms with van der Waals surface area (Å²) in [7, 11) is 0. The highest BCUT2D eigenvalue weighted by Gasteiger charge is 2.32. The van der Waals surface area contributed by atoms with Gasteiger partial charge >= 0.3 is 6.03 Å². The SMILES string of the molecule is O=C1NC(=O)C(C2=CCCCC2)N1. The maximum Gasteiger partial charge on any atom is 0.322 e. The molecule has 3 amide bonds. The van der Waals surface area contributed by atoms with Crippen LogP contribution in [-0.4, -0.2) is 18.0 Å². The Kier molecular flexibility index (Phi) is 2.04. The zero-order valence-corrected chi connectivity index (χ0v) is 7.30. The van der Waals surface area contributed by atoms with Crippen LogP contribution in [0.3, 0.4) is 0 Å². The zero-order chi connectivity index (χ0) is 9.26. The number of nitrogens with one attached hydrogen (secondary N) is 2. The highest BCUT2D eigenvalue weighted by molar-refractivity contribution is 6.05. The van der Waals surface area contributed by atoms with Gasteiger partial charge < -0.3 is 5.32 Å². The van der Waals surface area contributed by atoms with Gasteiger partial charge in [-0.05, 0) is 31.3 Å². The lowest BCUT2D eigenvalue weighted by molar-refractivity contribution is -0.119. The highest BCUT2D eigenvalue weighted by Crippen LogP contribution is 2.21. The molecule has 0 aromatic heterocycles. The van der Waals surface area contributed by atoms with E-state index >= 15 is 0 Å². The summed E-state index contributed by atoms with van der Waals surface area (Å²) in [5.74, 6) is -0.210. The number of urea groups is 1. The number of rotatable bonds is 1. The molecule has 0 aromatic carbocycles. The van der Waals surface area contributed by atoms with Crippen LogP contribution in [0.5, 0.6) is 0 Å². The molecule has 0 radical (unpaired) electrons. The summed E-state index contributed by atoms with van der Waals surface area (Å²) in [4.78, 5) is 22.1. The fourth-order valence-electron chi connectivity index (χ4n) is 1.80. The van der Waals surface area contributed by atoms with Crippen molar-refractivity contribution in [3.8, 4) is 0 Å². The number of carbonyl (C=O) groups is 2. The Hall–Kier alpha value is -1.32. The predicted octanol–water partition coefficient (Wildman–Crippen LogP) is 0.695. The molecule has 0 bridgehead atoms. The van der Waals surface area contributed by atoms with Crippen molar-refractivity contribution >= 4 is 11.9 Å². The van der Waals surface area contributed by atoms with Gasteiger partial charge in [0, 0.05) is 0 Å². The second-order valence-corrected chi connectivity index (χ2v) is 3.42. The second kappa shape index (κ2) is 3.20. The molecule has 0 aromatic rings. The first-order chi connectivity index (χ1) is 6.27. The van der Waals surface area contributed by atoms with E-state index in [0.717, 1.165) is 24.8 Å². The Morgan fingerprint density at radius 1 is 1.31 bits per heavy atom. The number of carbonyl (C=O) groups excluding carboxylic acids is 2. The topological polar surface area (TPSA) is 58.2 Å². The van der Waals surface area contributed by atoms with Crippen LogP contribution in [0, 0.1) is 0 Å². The summed E-state index contributed by atoms with van der Waals surface area (Å²) in [5.41, 5.74) is 1.06. The Morgan fingerprint density at radius 3 is 2.69 bits per heavy atom. The second-order valence-electron chi connectivity index (χ2n) is 3.42. The quantitative estimate of drug-likeness (QED) is 0.461. The molecule has 70 valence electrons. The van der Waals surface area contributed by atoms with Gasteiger partial charge in [-0.1, -0.05) is 6.08 Å². The van der Waals surface area contributed by atoms with Crippen LogP contribution >= 0.6 is 0 Å². The van der Waals surface area contributed by atoms with Crippen molar-refractivity contribution in [3.05, 3.63) is 11.6 Å². The predicted molar refractivity (Wildman–Crippen MR) is 47.0 cm³/mol. The van der Waals surface area contributed by atoms with E-state index in [1.807, 2.05) is 0 Å². The van der Waals surface area contributed by atoms with Gasteiger partial charge in [-0.2, -0.15) is 0 Å². The molecule has 13 heavy (non-hydrogen) atoms. The van der Waals surface area contributed by atoms with Crippen LogP contribution < -0.4 is 10.6 Å². The van der Waals surface area contributed by atoms with E-state index < -0.39 is 6.04 Å². The summed E-state index contributed by atoms with van der Waals surface area (Å²) < 4.78 is 0. The first-order valence-corrected chi connectivity index (χ1v) is 4.57. The highest BCUT2D eigenvalue weighted by atomic mass is 16.2. The zero-order valence-electron chi connectivity index (χ0n) is 7.30. The Balaban J connectivity index is 2.11. The van der Waals surface area contributed by atoms with Crippen LogP contribution in [-0.2, 0) is 4.79 Å². The molecule has 0 spiro atoms. The van der Waals surface area contributed by atoms with Gasteiger partial charge in [0.25, 0.3) is 5.91 Å². The van der Waals surface area contributed by atoms with Crippen LogP contribution in [0.1, 0.15) is 25.7 Å². The van der Waals surface area contributed by atoms with Crippen molar-refractivity contribution in [2.24, 2.45) is 0 Å². The van der Waals surface area contributed by atoms with Crippen molar-refractivity contribution in [2.45, 2.75) is 31.7 Å². The average Bonchev–Trinajstić information content (AvgIpc) is 2.47. The van der Waals surface area contributed by atoms with Crippen molar-refractivity contribution in [3.63, 3.8) is 0 Å². The molecule has 2 rings (SSSR count). The molecule has 2 aliphatic rings. The van der Waals surface area contributed by atoms with E-state index in [0.29, 0.717) is 0 Å². The van der Waals surface area contributed by atoms with Gasteiger partial charge in [0.05, 0.1) is 0 Å². The van der Waals surface area contributed by atoms with Crippen LogP contribution in [0.15, 0.2) is 11.6 Å². The minimum absolute atomic E-state index is 0.210. The van der Waals surface area contributed by atoms with Crippen molar-refractivity contribution in [2.75, 3.05) is 0 Å². The van der Waals surface area contributed by atoms with Gasteiger partial charge in [0.2, 0.25) is 0 Å². The van der Waals surface area contributed by atoms with Gasteiger partial charge in [0.1, 0.15) is 6.04 Å². The summed E-state index contributed by atoms with van der Waals surface area (Å²) >= 11 is 0. The lowest BCUT2D eigenvalue weighted by Crippen LogP contribution is -2.31.